The lowest BCUT2D eigenvalue weighted by Crippen LogP contribution is -2.15. The van der Waals surface area contributed by atoms with Gasteiger partial charge in [-0.1, -0.05) is 0 Å². The molecule has 0 fully saturated rings. The van der Waals surface area contributed by atoms with Crippen LogP contribution in [-0.4, -0.2) is 29.5 Å². The average molecular weight is 368 g/mol. The molecule has 0 atom stereocenters. The highest BCUT2D eigenvalue weighted by Gasteiger charge is 2.15. The van der Waals surface area contributed by atoms with Crippen molar-refractivity contribution >= 4 is 5.84 Å². The van der Waals surface area contributed by atoms with E-state index < -0.39 is 0 Å². The molecule has 0 aliphatic heterocycles. The molecule has 0 spiro atoms. The van der Waals surface area contributed by atoms with Crippen molar-refractivity contribution in [3.8, 4) is 17.1 Å². The third kappa shape index (κ3) is 4.49. The van der Waals surface area contributed by atoms with Gasteiger partial charge in [0.1, 0.15) is 17.4 Å². The molecule has 7 heteroatoms. The van der Waals surface area contributed by atoms with Gasteiger partial charge in [0, 0.05) is 18.3 Å². The van der Waals surface area contributed by atoms with Gasteiger partial charge >= 0.3 is 0 Å². The topological polar surface area (TPSA) is 86.5 Å². The number of halogens is 1. The Morgan fingerprint density at radius 2 is 2.15 bits per heavy atom. The molecule has 0 unspecified atom stereocenters. The molecular weight excluding hydrogens is 347 g/mol. The molecule has 27 heavy (non-hydrogen) atoms. The monoisotopic (exact) mass is 368 g/mol. The van der Waals surface area contributed by atoms with Gasteiger partial charge in [-0.3, -0.25) is 9.98 Å². The van der Waals surface area contributed by atoms with E-state index in [0.29, 0.717) is 30.3 Å². The van der Waals surface area contributed by atoms with Crippen molar-refractivity contribution in [2.24, 2.45) is 10.7 Å². The first-order chi connectivity index (χ1) is 13.1. The van der Waals surface area contributed by atoms with Gasteiger partial charge in [0.2, 0.25) is 0 Å². The molecule has 0 amide bonds. The highest BCUT2D eigenvalue weighted by molar-refractivity contribution is 6.00. The molecule has 0 saturated carbocycles. The predicted octanol–water partition coefficient (Wildman–Crippen LogP) is 3.53. The number of aryl methyl sites for hydroxylation is 2. The number of oxazole rings is 1. The fourth-order valence-electron chi connectivity index (χ4n) is 2.80. The summed E-state index contributed by atoms with van der Waals surface area (Å²) >= 11 is 0. The summed E-state index contributed by atoms with van der Waals surface area (Å²) in [6.07, 6.45) is 5.58. The molecule has 2 N–H and O–H groups in total. The van der Waals surface area contributed by atoms with Gasteiger partial charge in [-0.25, -0.2) is 9.37 Å². The smallest absolute Gasteiger partial charge is 0.182 e. The van der Waals surface area contributed by atoms with Crippen LogP contribution in [-0.2, 0) is 6.42 Å². The van der Waals surface area contributed by atoms with Crippen LogP contribution in [0, 0.1) is 12.7 Å². The minimum atomic E-state index is -0.336. The Morgan fingerprint density at radius 1 is 1.30 bits per heavy atom. The van der Waals surface area contributed by atoms with Gasteiger partial charge in [0.15, 0.2) is 17.8 Å². The lowest BCUT2D eigenvalue weighted by atomic mass is 10.1. The Labute approximate surface area is 156 Å². The number of pyridine rings is 1. The first-order valence-electron chi connectivity index (χ1n) is 8.56. The fraction of sp³-hybridized carbons (Fsp3) is 0.250. The number of nitrogens with zero attached hydrogens (tertiary/aromatic N) is 3. The van der Waals surface area contributed by atoms with Crippen molar-refractivity contribution in [2.75, 3.05) is 13.7 Å². The van der Waals surface area contributed by atoms with E-state index in [1.165, 1.54) is 18.7 Å². The second-order valence-electron chi connectivity index (χ2n) is 6.10. The molecule has 1 aromatic carbocycles. The van der Waals surface area contributed by atoms with Crippen molar-refractivity contribution in [2.45, 2.75) is 19.8 Å². The first kappa shape index (κ1) is 18.6. The van der Waals surface area contributed by atoms with Gasteiger partial charge < -0.3 is 14.9 Å². The maximum Gasteiger partial charge on any atom is 0.182 e. The molecule has 6 nitrogen and oxygen atoms in total. The van der Waals surface area contributed by atoms with Gasteiger partial charge in [-0.15, -0.1) is 0 Å². The minimum absolute atomic E-state index is 0.310. The third-order valence-electron chi connectivity index (χ3n) is 4.13. The van der Waals surface area contributed by atoms with Crippen LogP contribution in [0.2, 0.25) is 0 Å². The van der Waals surface area contributed by atoms with E-state index in [9.17, 15) is 4.39 Å². The van der Waals surface area contributed by atoms with Crippen LogP contribution in [0.15, 0.2) is 52.5 Å². The first-order valence-corrected chi connectivity index (χ1v) is 8.56. The number of nitrogens with two attached hydrogens (primary N) is 1. The van der Waals surface area contributed by atoms with Crippen LogP contribution >= 0.6 is 0 Å². The summed E-state index contributed by atoms with van der Waals surface area (Å²) in [6.45, 7) is 2.45. The molecule has 3 aromatic rings. The van der Waals surface area contributed by atoms with Gasteiger partial charge in [-0.2, -0.15) is 0 Å². The zero-order valence-electron chi connectivity index (χ0n) is 15.3. The number of benzene rings is 1. The second kappa shape index (κ2) is 8.44. The van der Waals surface area contributed by atoms with Crippen LogP contribution in [0.25, 0.3) is 11.3 Å². The lowest BCUT2D eigenvalue weighted by Gasteiger charge is -2.07. The Balaban J connectivity index is 1.69. The molecule has 140 valence electrons. The number of methoxy groups -OCH3 is 1. The second-order valence-corrected chi connectivity index (χ2v) is 6.10. The SMILES string of the molecule is COc1ccc(-c2ocnc2C(N)=NCCCc2cncc(F)c2)cc1C. The molecule has 2 heterocycles. The number of hydrogen-bond acceptors (Lipinski definition) is 5. The lowest BCUT2D eigenvalue weighted by molar-refractivity contribution is 0.411. The van der Waals surface area contributed by atoms with Gasteiger partial charge in [-0.05, 0) is 55.2 Å². The molecule has 0 aliphatic carbocycles. The van der Waals surface area contributed by atoms with E-state index >= 15 is 0 Å². The Bertz CT molecular complexity index is 953. The number of ether oxygens (including phenoxy) is 1. The molecule has 2 aromatic heterocycles. The summed E-state index contributed by atoms with van der Waals surface area (Å²) in [4.78, 5) is 12.4. The maximum absolute atomic E-state index is 13.1. The summed E-state index contributed by atoms with van der Waals surface area (Å²) in [7, 11) is 1.63. The minimum Gasteiger partial charge on any atom is -0.496 e. The van der Waals surface area contributed by atoms with E-state index in [1.54, 1.807) is 13.3 Å². The van der Waals surface area contributed by atoms with Crippen molar-refractivity contribution in [3.05, 3.63) is 65.7 Å². The molecule has 0 saturated heterocycles. The van der Waals surface area contributed by atoms with E-state index in [4.69, 9.17) is 14.9 Å². The van der Waals surface area contributed by atoms with Gasteiger partial charge in [0.05, 0.1) is 13.3 Å². The van der Waals surface area contributed by atoms with Crippen molar-refractivity contribution in [1.29, 1.82) is 0 Å². The normalized spacial score (nSPS) is 11.6. The fourth-order valence-corrected chi connectivity index (χ4v) is 2.80. The average Bonchev–Trinajstić information content (AvgIpc) is 3.15. The van der Waals surface area contributed by atoms with Crippen molar-refractivity contribution in [3.63, 3.8) is 0 Å². The summed E-state index contributed by atoms with van der Waals surface area (Å²) in [6, 6.07) is 7.19. The zero-order chi connectivity index (χ0) is 19.2. The summed E-state index contributed by atoms with van der Waals surface area (Å²) in [5.74, 6) is 1.34. The zero-order valence-corrected chi connectivity index (χ0v) is 15.3. The molecular formula is C20H21FN4O2. The molecule has 0 radical (unpaired) electrons. The highest BCUT2D eigenvalue weighted by Crippen LogP contribution is 2.28. The largest absolute Gasteiger partial charge is 0.496 e. The standard InChI is InChI=1S/C20H21FN4O2/c1-13-8-15(5-6-17(13)26-2)19-18(25-12-27-19)20(22)24-7-3-4-14-9-16(21)11-23-10-14/h5-6,8-12H,3-4,7H2,1-2H3,(H2,22,24). The number of aromatic nitrogens is 2. The summed E-state index contributed by atoms with van der Waals surface area (Å²) in [5, 5.41) is 0. The third-order valence-corrected chi connectivity index (χ3v) is 4.13. The van der Waals surface area contributed by atoms with Crippen LogP contribution in [0.3, 0.4) is 0 Å². The van der Waals surface area contributed by atoms with Crippen molar-refractivity contribution < 1.29 is 13.5 Å². The van der Waals surface area contributed by atoms with Crippen LogP contribution < -0.4 is 10.5 Å². The van der Waals surface area contributed by atoms with E-state index in [0.717, 1.165) is 28.9 Å². The predicted molar refractivity (Wildman–Crippen MR) is 101 cm³/mol. The quantitative estimate of drug-likeness (QED) is 0.392. The Hall–Kier alpha value is -3.22. The Kier molecular flexibility index (Phi) is 5.80. The number of hydrogen-bond donors (Lipinski definition) is 1. The van der Waals surface area contributed by atoms with E-state index in [-0.39, 0.29) is 5.82 Å². The molecule has 0 bridgehead atoms. The number of aliphatic imine (C=N–C) groups is 1. The highest BCUT2D eigenvalue weighted by atomic mass is 19.1. The van der Waals surface area contributed by atoms with Crippen LogP contribution in [0.1, 0.15) is 23.2 Å². The summed E-state index contributed by atoms with van der Waals surface area (Å²) in [5.41, 5.74) is 9.28. The maximum atomic E-state index is 13.1. The van der Waals surface area contributed by atoms with Crippen LogP contribution in [0.5, 0.6) is 5.75 Å². The molecule has 3 rings (SSSR count). The van der Waals surface area contributed by atoms with E-state index in [2.05, 4.69) is 15.0 Å². The van der Waals surface area contributed by atoms with Crippen LogP contribution in [0.4, 0.5) is 4.39 Å². The van der Waals surface area contributed by atoms with Gasteiger partial charge in [0.25, 0.3) is 0 Å². The number of rotatable bonds is 7. The summed E-state index contributed by atoms with van der Waals surface area (Å²) < 4.78 is 23.9. The van der Waals surface area contributed by atoms with Crippen molar-refractivity contribution in [1.82, 2.24) is 9.97 Å². The van der Waals surface area contributed by atoms with E-state index in [1.807, 2.05) is 25.1 Å². The number of amidine groups is 1. The molecule has 0 aliphatic rings. The Morgan fingerprint density at radius 3 is 2.89 bits per heavy atom.